The van der Waals surface area contributed by atoms with E-state index < -0.39 is 0 Å². The first-order valence-electron chi connectivity index (χ1n) is 15.0. The van der Waals surface area contributed by atoms with E-state index in [9.17, 15) is 8.68 Å². The summed E-state index contributed by atoms with van der Waals surface area (Å²) in [5.41, 5.74) is 12.6. The summed E-state index contributed by atoms with van der Waals surface area (Å²) in [6.45, 7) is 15.8. The maximum Gasteiger partial charge on any atom is 0.337 e. The highest BCUT2D eigenvalue weighted by molar-refractivity contribution is 7.95. The number of halogens is 1. The van der Waals surface area contributed by atoms with Crippen LogP contribution in [0.15, 0.2) is 60.3 Å². The molecule has 0 unspecified atom stereocenters. The minimum atomic E-state index is -0.295. The number of likely N-dealkylation sites (tertiary alicyclic amines) is 1. The Morgan fingerprint density at radius 2 is 1.77 bits per heavy atom. The highest BCUT2D eigenvalue weighted by atomic mass is 32.2. The summed E-state index contributed by atoms with van der Waals surface area (Å²) in [7, 11) is 1.41. The number of fused-ring (bicyclic) bond motifs is 1. The number of pyridine rings is 1. The topological polar surface area (TPSA) is 57.7 Å². The van der Waals surface area contributed by atoms with E-state index in [4.69, 9.17) is 4.74 Å². The SMILES string of the molecule is C.CC.CC.COC(=O)c1ccc(C2CCN(C/C(C)=C/c3c(-c4ccc5c(c4)CNN5SF)ccnc3C)CC2)cc1. The maximum absolute atomic E-state index is 13.2. The minimum absolute atomic E-state index is 0. The van der Waals surface area contributed by atoms with Crippen LogP contribution in [0, 0.1) is 6.92 Å². The summed E-state index contributed by atoms with van der Waals surface area (Å²) in [6, 6.07) is 16.1. The lowest BCUT2D eigenvalue weighted by Crippen LogP contribution is -2.34. The molecule has 2 aromatic carbocycles. The summed E-state index contributed by atoms with van der Waals surface area (Å²) in [4.78, 5) is 18.8. The van der Waals surface area contributed by atoms with E-state index in [1.54, 1.807) is 0 Å². The Morgan fingerprint density at radius 1 is 1.09 bits per heavy atom. The predicted octanol–water partition coefficient (Wildman–Crippen LogP) is 9.17. The highest BCUT2D eigenvalue weighted by Crippen LogP contribution is 2.36. The lowest BCUT2D eigenvalue weighted by molar-refractivity contribution is 0.0600. The number of rotatable bonds is 7. The van der Waals surface area contributed by atoms with Crippen LogP contribution in [-0.4, -0.2) is 42.6 Å². The number of nitrogens with one attached hydrogen (secondary N) is 1. The van der Waals surface area contributed by atoms with Crippen molar-refractivity contribution in [2.24, 2.45) is 0 Å². The standard InChI is InChI=1S/C30H33FN4O2S.2C2H6.CH4/c1-20(19-34-14-11-23(12-15-34)22-4-6-24(7-5-22)30(36)37-3)16-28-21(2)32-13-10-27(28)25-8-9-29-26(17-25)18-33-35(29)38-31;2*1-2;/h4-10,13,16-17,23,33H,11-12,14-15,18-19H2,1-3H3;2*1-2H3;1H4/b20-16+;;;. The lowest BCUT2D eigenvalue weighted by Gasteiger charge is -2.32. The number of benzene rings is 2. The van der Waals surface area contributed by atoms with Crippen molar-refractivity contribution in [3.63, 3.8) is 0 Å². The summed E-state index contributed by atoms with van der Waals surface area (Å²) in [5.74, 6) is 0.215. The zero-order valence-electron chi connectivity index (χ0n) is 26.0. The van der Waals surface area contributed by atoms with Gasteiger partial charge in [0.2, 0.25) is 0 Å². The number of ether oxygens (including phenoxy) is 1. The van der Waals surface area contributed by atoms with Gasteiger partial charge < -0.3 is 4.74 Å². The third kappa shape index (κ3) is 8.91. The predicted molar refractivity (Wildman–Crippen MR) is 182 cm³/mol. The van der Waals surface area contributed by atoms with Gasteiger partial charge in [0.1, 0.15) is 0 Å². The lowest BCUT2D eigenvalue weighted by atomic mass is 9.89. The molecule has 234 valence electrons. The van der Waals surface area contributed by atoms with Crippen LogP contribution < -0.4 is 9.84 Å². The number of carbonyl (C=O) groups is 1. The number of hydrogen-bond donors (Lipinski definition) is 1. The van der Waals surface area contributed by atoms with E-state index >= 15 is 0 Å². The Balaban J connectivity index is 0.00000124. The van der Waals surface area contributed by atoms with Gasteiger partial charge in [-0.3, -0.25) is 9.88 Å². The minimum Gasteiger partial charge on any atom is -0.465 e. The summed E-state index contributed by atoms with van der Waals surface area (Å²) >= 11 is 0.190. The Hall–Kier alpha value is -3.20. The van der Waals surface area contributed by atoms with Gasteiger partial charge in [0.15, 0.2) is 12.3 Å². The van der Waals surface area contributed by atoms with Crippen LogP contribution in [0.25, 0.3) is 17.2 Å². The van der Waals surface area contributed by atoms with Gasteiger partial charge in [-0.2, -0.15) is 0 Å². The van der Waals surface area contributed by atoms with Gasteiger partial charge in [-0.1, -0.05) is 65.0 Å². The van der Waals surface area contributed by atoms with Crippen LogP contribution in [-0.2, 0) is 11.3 Å². The molecule has 5 rings (SSSR count). The van der Waals surface area contributed by atoms with Gasteiger partial charge in [0.25, 0.3) is 0 Å². The first-order valence-corrected chi connectivity index (χ1v) is 15.6. The maximum atomic E-state index is 13.2. The molecule has 0 radical (unpaired) electrons. The Kier molecular flexibility index (Phi) is 14.9. The summed E-state index contributed by atoms with van der Waals surface area (Å²) < 4.78 is 19.4. The first-order chi connectivity index (χ1) is 20.5. The molecule has 2 aliphatic heterocycles. The zero-order valence-corrected chi connectivity index (χ0v) is 26.9. The largest absolute Gasteiger partial charge is 0.465 e. The third-order valence-electron chi connectivity index (χ3n) is 7.54. The van der Waals surface area contributed by atoms with E-state index in [1.807, 2.05) is 52.1 Å². The second-order valence-electron chi connectivity index (χ2n) is 10.1. The van der Waals surface area contributed by atoms with Gasteiger partial charge in [-0.25, -0.2) is 14.6 Å². The molecule has 0 atom stereocenters. The fourth-order valence-corrected chi connectivity index (χ4v) is 5.85. The number of aryl methyl sites for hydroxylation is 1. The second kappa shape index (κ2) is 17.8. The van der Waals surface area contributed by atoms with Crippen molar-refractivity contribution in [2.45, 2.75) is 74.3 Å². The zero-order chi connectivity index (χ0) is 30.6. The van der Waals surface area contributed by atoms with E-state index in [-0.39, 0.29) is 25.7 Å². The summed E-state index contributed by atoms with van der Waals surface area (Å²) in [6.07, 6.45) is 6.32. The molecular weight excluding hydrogens is 559 g/mol. The number of aromatic nitrogens is 1. The van der Waals surface area contributed by atoms with Crippen molar-refractivity contribution in [2.75, 3.05) is 31.2 Å². The van der Waals surface area contributed by atoms with Crippen molar-refractivity contribution in [1.82, 2.24) is 15.3 Å². The summed E-state index contributed by atoms with van der Waals surface area (Å²) in [5, 5.41) is 0. The number of carbonyl (C=O) groups excluding carboxylic acids is 1. The van der Waals surface area contributed by atoms with Gasteiger partial charge in [-0.05, 0) is 98.3 Å². The molecule has 1 aromatic heterocycles. The van der Waals surface area contributed by atoms with Gasteiger partial charge in [0, 0.05) is 30.5 Å². The number of piperidine rings is 1. The molecule has 1 N–H and O–H groups in total. The monoisotopic (exact) mass is 608 g/mol. The van der Waals surface area contributed by atoms with Crippen LogP contribution in [0.1, 0.15) is 93.5 Å². The molecule has 43 heavy (non-hydrogen) atoms. The molecule has 0 bridgehead atoms. The molecule has 0 aliphatic carbocycles. The molecule has 0 spiro atoms. The van der Waals surface area contributed by atoms with E-state index in [0.29, 0.717) is 18.0 Å². The molecule has 1 saturated heterocycles. The highest BCUT2D eigenvalue weighted by Gasteiger charge is 2.22. The van der Waals surface area contributed by atoms with Gasteiger partial charge >= 0.3 is 5.97 Å². The molecule has 2 aliphatic rings. The molecule has 3 heterocycles. The number of hydrogen-bond acceptors (Lipinski definition) is 7. The molecule has 6 nitrogen and oxygen atoms in total. The van der Waals surface area contributed by atoms with E-state index in [1.165, 1.54) is 22.7 Å². The van der Waals surface area contributed by atoms with E-state index in [0.717, 1.165) is 66.1 Å². The molecule has 0 saturated carbocycles. The Bertz CT molecular complexity index is 1340. The van der Waals surface area contributed by atoms with Crippen molar-refractivity contribution in [3.05, 3.63) is 88.2 Å². The fourth-order valence-electron chi connectivity index (χ4n) is 5.49. The average Bonchev–Trinajstić information content (AvgIpc) is 3.46. The molecular formula is C35H49FN4O2S. The number of nitrogens with zero attached hydrogens (tertiary/aromatic N) is 3. The molecule has 0 amide bonds. The van der Waals surface area contributed by atoms with Crippen molar-refractivity contribution >= 4 is 30.1 Å². The number of anilines is 1. The average molecular weight is 609 g/mol. The fraction of sp³-hybridized carbons (Fsp3) is 0.429. The van der Waals surface area contributed by atoms with Gasteiger partial charge in [0.05, 0.1) is 18.4 Å². The van der Waals surface area contributed by atoms with Crippen LogP contribution in [0.2, 0.25) is 0 Å². The molecule has 8 heteroatoms. The first kappa shape index (κ1) is 36.0. The third-order valence-corrected chi connectivity index (χ3v) is 8.00. The van der Waals surface area contributed by atoms with Crippen molar-refractivity contribution in [3.8, 4) is 11.1 Å². The second-order valence-corrected chi connectivity index (χ2v) is 10.6. The van der Waals surface area contributed by atoms with Crippen molar-refractivity contribution in [1.29, 1.82) is 0 Å². The Labute approximate surface area is 263 Å². The quantitative estimate of drug-likeness (QED) is 0.212. The van der Waals surface area contributed by atoms with Crippen molar-refractivity contribution < 1.29 is 13.4 Å². The molecule has 1 fully saturated rings. The smallest absolute Gasteiger partial charge is 0.337 e. The van der Waals surface area contributed by atoms with Gasteiger partial charge in [-0.15, -0.1) is 3.89 Å². The normalized spacial score (nSPS) is 14.9. The number of hydrazine groups is 1. The molecule has 3 aromatic rings. The van der Waals surface area contributed by atoms with Crippen LogP contribution >= 0.6 is 12.3 Å². The van der Waals surface area contributed by atoms with Crippen LogP contribution in [0.4, 0.5) is 9.57 Å². The van der Waals surface area contributed by atoms with E-state index in [2.05, 4.69) is 65.6 Å². The Morgan fingerprint density at radius 3 is 2.40 bits per heavy atom. The van der Waals surface area contributed by atoms with Crippen LogP contribution in [0.5, 0.6) is 0 Å². The number of esters is 1. The number of methoxy groups -OCH3 is 1. The van der Waals surface area contributed by atoms with Crippen LogP contribution in [0.3, 0.4) is 0 Å².